The minimum atomic E-state index is -0.160. The van der Waals surface area contributed by atoms with E-state index in [1.54, 1.807) is 12.3 Å². The lowest BCUT2D eigenvalue weighted by Gasteiger charge is -2.10. The van der Waals surface area contributed by atoms with Gasteiger partial charge in [0.1, 0.15) is 5.69 Å². The molecule has 0 bridgehead atoms. The third-order valence-electron chi connectivity index (χ3n) is 2.68. The second-order valence-electron chi connectivity index (χ2n) is 5.34. The fourth-order valence-electron chi connectivity index (χ4n) is 1.57. The third kappa shape index (κ3) is 2.27. The number of aromatic nitrogens is 7. The van der Waals surface area contributed by atoms with Crippen LogP contribution in [0.2, 0.25) is 0 Å². The summed E-state index contributed by atoms with van der Waals surface area (Å²) < 4.78 is 5.23. The molecule has 0 amide bonds. The maximum atomic E-state index is 5.23. The van der Waals surface area contributed by atoms with E-state index in [9.17, 15) is 0 Å². The van der Waals surface area contributed by atoms with Crippen LogP contribution in [0.25, 0.3) is 23.0 Å². The van der Waals surface area contributed by atoms with Gasteiger partial charge in [-0.25, -0.2) is 0 Å². The first-order chi connectivity index (χ1) is 9.54. The van der Waals surface area contributed by atoms with E-state index in [0.29, 0.717) is 23.2 Å². The summed E-state index contributed by atoms with van der Waals surface area (Å²) in [6.07, 6.45) is 1.64. The number of rotatable bonds is 2. The van der Waals surface area contributed by atoms with Crippen LogP contribution in [0.5, 0.6) is 0 Å². The highest BCUT2D eigenvalue weighted by Gasteiger charge is 2.21. The smallest absolute Gasteiger partial charge is 0.276 e. The van der Waals surface area contributed by atoms with Crippen molar-refractivity contribution in [3.8, 4) is 23.0 Å². The zero-order valence-corrected chi connectivity index (χ0v) is 11.3. The molecular formula is C12H13N7O. The van der Waals surface area contributed by atoms with Crippen molar-refractivity contribution in [1.82, 2.24) is 35.7 Å². The zero-order chi connectivity index (χ0) is 14.2. The Balaban J connectivity index is 1.90. The molecule has 0 saturated heterocycles. The van der Waals surface area contributed by atoms with Gasteiger partial charge < -0.3 is 4.52 Å². The normalized spacial score (nSPS) is 11.8. The van der Waals surface area contributed by atoms with Gasteiger partial charge in [-0.1, -0.05) is 25.9 Å². The molecule has 0 aliphatic rings. The lowest BCUT2D eigenvalue weighted by molar-refractivity contribution is 0.401. The van der Waals surface area contributed by atoms with Crippen LogP contribution in [0.1, 0.15) is 26.6 Å². The monoisotopic (exact) mass is 271 g/mol. The lowest BCUT2D eigenvalue weighted by atomic mass is 9.96. The molecule has 1 N–H and O–H groups in total. The lowest BCUT2D eigenvalue weighted by Crippen LogP contribution is -2.13. The molecule has 8 nitrogen and oxygen atoms in total. The van der Waals surface area contributed by atoms with Crippen molar-refractivity contribution in [2.24, 2.45) is 0 Å². The van der Waals surface area contributed by atoms with E-state index in [2.05, 4.69) is 35.7 Å². The molecule has 8 heteroatoms. The topological polar surface area (TPSA) is 106 Å². The van der Waals surface area contributed by atoms with Crippen LogP contribution in [0, 0.1) is 0 Å². The first-order valence-electron chi connectivity index (χ1n) is 6.08. The van der Waals surface area contributed by atoms with Crippen LogP contribution in [-0.4, -0.2) is 35.7 Å². The van der Waals surface area contributed by atoms with Crippen molar-refractivity contribution < 1.29 is 4.52 Å². The Bertz CT molecular complexity index is 694. The van der Waals surface area contributed by atoms with E-state index in [1.165, 1.54) is 0 Å². The fraction of sp³-hybridized carbons (Fsp3) is 0.333. The summed E-state index contributed by atoms with van der Waals surface area (Å²) >= 11 is 0. The summed E-state index contributed by atoms with van der Waals surface area (Å²) in [5.41, 5.74) is 1.21. The minimum absolute atomic E-state index is 0.160. The Kier molecular flexibility index (Phi) is 2.78. The number of nitrogens with zero attached hydrogens (tertiary/aromatic N) is 6. The predicted molar refractivity (Wildman–Crippen MR) is 69.4 cm³/mol. The summed E-state index contributed by atoms with van der Waals surface area (Å²) in [6.45, 7) is 6.07. The maximum absolute atomic E-state index is 5.23. The quantitative estimate of drug-likeness (QED) is 0.754. The molecule has 3 rings (SSSR count). The second kappa shape index (κ2) is 4.48. The molecular weight excluding hydrogens is 258 g/mol. The van der Waals surface area contributed by atoms with Gasteiger partial charge in [-0.3, -0.25) is 4.98 Å². The van der Waals surface area contributed by atoms with Crippen molar-refractivity contribution in [2.45, 2.75) is 26.2 Å². The summed E-state index contributed by atoms with van der Waals surface area (Å²) in [5.74, 6) is 1.54. The summed E-state index contributed by atoms with van der Waals surface area (Å²) in [5, 5.41) is 17.6. The molecule has 0 aliphatic carbocycles. The molecule has 3 aromatic heterocycles. The third-order valence-corrected chi connectivity index (χ3v) is 2.68. The highest BCUT2D eigenvalue weighted by Crippen LogP contribution is 2.23. The largest absolute Gasteiger partial charge is 0.332 e. The van der Waals surface area contributed by atoms with Crippen molar-refractivity contribution in [1.29, 1.82) is 0 Å². The minimum Gasteiger partial charge on any atom is -0.332 e. The molecule has 20 heavy (non-hydrogen) atoms. The number of nitrogens with one attached hydrogen (secondary N) is 1. The Hall–Kier alpha value is -2.64. The number of H-pyrrole nitrogens is 1. The van der Waals surface area contributed by atoms with E-state index in [0.717, 1.165) is 5.56 Å². The zero-order valence-electron chi connectivity index (χ0n) is 11.3. The van der Waals surface area contributed by atoms with Gasteiger partial charge in [0.25, 0.3) is 5.89 Å². The van der Waals surface area contributed by atoms with Gasteiger partial charge in [0.15, 0.2) is 5.82 Å². The summed E-state index contributed by atoms with van der Waals surface area (Å²) in [7, 11) is 0. The van der Waals surface area contributed by atoms with Crippen LogP contribution in [0.3, 0.4) is 0 Å². The summed E-state index contributed by atoms with van der Waals surface area (Å²) in [4.78, 5) is 8.64. The van der Waals surface area contributed by atoms with E-state index < -0.39 is 0 Å². The average Bonchev–Trinajstić information content (AvgIpc) is 3.10. The van der Waals surface area contributed by atoms with Gasteiger partial charge in [0.05, 0.1) is 0 Å². The Labute approximate surface area is 114 Å². The van der Waals surface area contributed by atoms with Gasteiger partial charge in [-0.15, -0.1) is 10.2 Å². The van der Waals surface area contributed by atoms with Crippen molar-refractivity contribution >= 4 is 0 Å². The highest BCUT2D eigenvalue weighted by molar-refractivity contribution is 5.57. The number of aromatic amines is 1. The number of hydrogen-bond acceptors (Lipinski definition) is 7. The van der Waals surface area contributed by atoms with Crippen molar-refractivity contribution in [2.75, 3.05) is 0 Å². The van der Waals surface area contributed by atoms with Gasteiger partial charge in [0.2, 0.25) is 5.82 Å². The molecule has 3 heterocycles. The molecule has 102 valence electrons. The molecule has 0 unspecified atom stereocenters. The fourth-order valence-corrected chi connectivity index (χ4v) is 1.57. The average molecular weight is 271 g/mol. The van der Waals surface area contributed by atoms with Gasteiger partial charge in [-0.05, 0) is 17.3 Å². The van der Waals surface area contributed by atoms with Crippen molar-refractivity contribution in [3.05, 3.63) is 24.2 Å². The van der Waals surface area contributed by atoms with Crippen molar-refractivity contribution in [3.63, 3.8) is 0 Å². The van der Waals surface area contributed by atoms with Gasteiger partial charge >= 0.3 is 0 Å². The summed E-state index contributed by atoms with van der Waals surface area (Å²) in [6, 6.07) is 3.61. The SMILES string of the molecule is CC(C)(C)c1noc(-c2ccc(-c3nn[nH]n3)cn2)n1. The molecule has 3 aromatic rings. The van der Waals surface area contributed by atoms with Gasteiger partial charge in [-0.2, -0.15) is 10.2 Å². The molecule has 0 radical (unpaired) electrons. The van der Waals surface area contributed by atoms with Crippen LogP contribution in [0.4, 0.5) is 0 Å². The van der Waals surface area contributed by atoms with E-state index in [1.807, 2.05) is 26.8 Å². The first-order valence-corrected chi connectivity index (χ1v) is 6.08. The Morgan fingerprint density at radius 2 is 2.05 bits per heavy atom. The number of tetrazole rings is 1. The van der Waals surface area contributed by atoms with Crippen LogP contribution in [0.15, 0.2) is 22.9 Å². The van der Waals surface area contributed by atoms with Gasteiger partial charge in [0, 0.05) is 17.2 Å². The van der Waals surface area contributed by atoms with Crippen LogP contribution >= 0.6 is 0 Å². The van der Waals surface area contributed by atoms with E-state index in [-0.39, 0.29) is 5.41 Å². The first kappa shape index (κ1) is 12.4. The molecule has 0 saturated carbocycles. The Morgan fingerprint density at radius 1 is 1.20 bits per heavy atom. The second-order valence-corrected chi connectivity index (χ2v) is 5.34. The number of hydrogen-bond donors (Lipinski definition) is 1. The number of pyridine rings is 1. The molecule has 0 aromatic carbocycles. The van der Waals surface area contributed by atoms with E-state index >= 15 is 0 Å². The molecule has 0 fully saturated rings. The molecule has 0 atom stereocenters. The molecule has 0 spiro atoms. The predicted octanol–water partition coefficient (Wildman–Crippen LogP) is 1.61. The van der Waals surface area contributed by atoms with Crippen LogP contribution in [-0.2, 0) is 5.41 Å². The molecule has 0 aliphatic heterocycles. The highest BCUT2D eigenvalue weighted by atomic mass is 16.5. The van der Waals surface area contributed by atoms with Crippen LogP contribution < -0.4 is 0 Å². The standard InChI is InChI=1S/C12H13N7O/c1-12(2,3)11-14-10(20-17-11)8-5-4-7(6-13-8)9-15-18-19-16-9/h4-6H,1-3H3,(H,15,16,18,19). The Morgan fingerprint density at radius 3 is 2.60 bits per heavy atom. The maximum Gasteiger partial charge on any atom is 0.276 e. The van der Waals surface area contributed by atoms with E-state index in [4.69, 9.17) is 4.52 Å².